The summed E-state index contributed by atoms with van der Waals surface area (Å²) in [5, 5.41) is 12.1. The van der Waals surface area contributed by atoms with Crippen LogP contribution in [0.1, 0.15) is 26.2 Å². The van der Waals surface area contributed by atoms with Crippen molar-refractivity contribution in [3.8, 4) is 6.07 Å². The summed E-state index contributed by atoms with van der Waals surface area (Å²) in [5.41, 5.74) is 0. The number of hydrogen-bond acceptors (Lipinski definition) is 3. The topological polar surface area (TPSA) is 39.1 Å². The molecule has 0 aromatic rings. The molecule has 0 amide bonds. The van der Waals surface area contributed by atoms with Gasteiger partial charge in [0.25, 0.3) is 0 Å². The smallest absolute Gasteiger partial charge is 0.0638 e. The Labute approximate surface area is 79.7 Å². The maximum atomic E-state index is 8.72. The van der Waals surface area contributed by atoms with Crippen LogP contribution in [0.15, 0.2) is 0 Å². The van der Waals surface area contributed by atoms with Gasteiger partial charge in [-0.3, -0.25) is 4.90 Å². The summed E-state index contributed by atoms with van der Waals surface area (Å²) in [5.74, 6) is 0. The van der Waals surface area contributed by atoms with Gasteiger partial charge in [-0.1, -0.05) is 0 Å². The van der Waals surface area contributed by atoms with Crippen LogP contribution in [0.25, 0.3) is 0 Å². The van der Waals surface area contributed by atoms with Gasteiger partial charge in [0.15, 0.2) is 0 Å². The van der Waals surface area contributed by atoms with Gasteiger partial charge in [-0.25, -0.2) is 0 Å². The molecule has 0 spiro atoms. The summed E-state index contributed by atoms with van der Waals surface area (Å²) in [4.78, 5) is 2.56. The lowest BCUT2D eigenvalue weighted by atomic mass is 10.1. The molecule has 3 heteroatoms. The van der Waals surface area contributed by atoms with Crippen LogP contribution in [0, 0.1) is 11.3 Å². The van der Waals surface area contributed by atoms with Crippen molar-refractivity contribution in [1.82, 2.24) is 10.2 Å². The SMILES string of the molecule is CC1CNCC(CC#N)N1C1CC1. The average Bonchev–Trinajstić information content (AvgIpc) is 2.88. The third kappa shape index (κ3) is 1.84. The molecule has 2 fully saturated rings. The van der Waals surface area contributed by atoms with Crippen molar-refractivity contribution in [3.63, 3.8) is 0 Å². The summed E-state index contributed by atoms with van der Waals surface area (Å²) in [7, 11) is 0. The largest absolute Gasteiger partial charge is 0.314 e. The van der Waals surface area contributed by atoms with E-state index in [1.165, 1.54) is 12.8 Å². The van der Waals surface area contributed by atoms with Gasteiger partial charge in [-0.15, -0.1) is 0 Å². The van der Waals surface area contributed by atoms with Crippen LogP contribution in [-0.2, 0) is 0 Å². The summed E-state index contributed by atoms with van der Waals surface area (Å²) in [6, 6.07) is 4.15. The van der Waals surface area contributed by atoms with Crippen LogP contribution < -0.4 is 5.32 Å². The van der Waals surface area contributed by atoms with Crippen LogP contribution in [0.5, 0.6) is 0 Å². The van der Waals surface area contributed by atoms with Crippen molar-refractivity contribution in [2.75, 3.05) is 13.1 Å². The normalized spacial score (nSPS) is 35.7. The van der Waals surface area contributed by atoms with Gasteiger partial charge in [0, 0.05) is 31.2 Å². The monoisotopic (exact) mass is 179 g/mol. The van der Waals surface area contributed by atoms with E-state index >= 15 is 0 Å². The molecule has 0 bridgehead atoms. The highest BCUT2D eigenvalue weighted by atomic mass is 15.3. The van der Waals surface area contributed by atoms with Crippen LogP contribution in [-0.4, -0.2) is 36.1 Å². The standard InChI is InChI=1S/C10H17N3/c1-8-6-12-7-10(4-5-11)13(8)9-2-3-9/h8-10,12H,2-4,6-7H2,1H3. The fraction of sp³-hybridized carbons (Fsp3) is 0.900. The Bertz CT molecular complexity index is 217. The molecule has 0 radical (unpaired) electrons. The Hall–Kier alpha value is -0.590. The molecule has 1 saturated carbocycles. The minimum atomic E-state index is 0.459. The maximum Gasteiger partial charge on any atom is 0.0638 e. The lowest BCUT2D eigenvalue weighted by Crippen LogP contribution is -2.56. The first-order chi connectivity index (χ1) is 6.33. The van der Waals surface area contributed by atoms with E-state index < -0.39 is 0 Å². The Morgan fingerprint density at radius 3 is 2.85 bits per heavy atom. The lowest BCUT2D eigenvalue weighted by Gasteiger charge is -2.40. The third-order valence-electron chi connectivity index (χ3n) is 3.05. The van der Waals surface area contributed by atoms with Crippen molar-refractivity contribution in [3.05, 3.63) is 0 Å². The van der Waals surface area contributed by atoms with Gasteiger partial charge >= 0.3 is 0 Å². The Balaban J connectivity index is 2.01. The fourth-order valence-electron chi connectivity index (χ4n) is 2.34. The van der Waals surface area contributed by atoms with Crippen LogP contribution in [0.2, 0.25) is 0 Å². The molecule has 2 atom stereocenters. The highest BCUT2D eigenvalue weighted by Gasteiger charge is 2.38. The lowest BCUT2D eigenvalue weighted by molar-refractivity contribution is 0.0996. The van der Waals surface area contributed by atoms with E-state index in [0.29, 0.717) is 18.5 Å². The van der Waals surface area contributed by atoms with Gasteiger partial charge in [0.05, 0.1) is 12.5 Å². The third-order valence-corrected chi connectivity index (χ3v) is 3.05. The Kier molecular flexibility index (Phi) is 2.52. The molecule has 13 heavy (non-hydrogen) atoms. The molecular formula is C10H17N3. The number of rotatable bonds is 2. The molecule has 3 nitrogen and oxygen atoms in total. The number of nitrogens with zero attached hydrogens (tertiary/aromatic N) is 2. The van der Waals surface area contributed by atoms with Crippen molar-refractivity contribution in [2.45, 2.75) is 44.3 Å². The van der Waals surface area contributed by atoms with Gasteiger partial charge in [-0.2, -0.15) is 5.26 Å². The predicted octanol–water partition coefficient (Wildman–Crippen LogP) is 0.725. The molecule has 1 aliphatic heterocycles. The second-order valence-corrected chi connectivity index (χ2v) is 4.20. The molecule has 0 aromatic heterocycles. The van der Waals surface area contributed by atoms with E-state index in [0.717, 1.165) is 19.1 Å². The van der Waals surface area contributed by atoms with E-state index in [-0.39, 0.29) is 0 Å². The Morgan fingerprint density at radius 1 is 1.46 bits per heavy atom. The molecule has 1 saturated heterocycles. The van der Waals surface area contributed by atoms with Crippen LogP contribution >= 0.6 is 0 Å². The number of nitrogens with one attached hydrogen (secondary N) is 1. The predicted molar refractivity (Wildman–Crippen MR) is 51.2 cm³/mol. The van der Waals surface area contributed by atoms with Gasteiger partial charge in [0.1, 0.15) is 0 Å². The number of nitriles is 1. The zero-order valence-electron chi connectivity index (χ0n) is 8.16. The van der Waals surface area contributed by atoms with E-state index in [4.69, 9.17) is 5.26 Å². The highest BCUT2D eigenvalue weighted by molar-refractivity contribution is 4.98. The molecule has 1 aliphatic carbocycles. The zero-order valence-corrected chi connectivity index (χ0v) is 8.16. The minimum absolute atomic E-state index is 0.459. The maximum absolute atomic E-state index is 8.72. The highest BCUT2D eigenvalue weighted by Crippen LogP contribution is 2.32. The van der Waals surface area contributed by atoms with E-state index in [1.807, 2.05) is 0 Å². The molecule has 72 valence electrons. The number of hydrogen-bond donors (Lipinski definition) is 1. The average molecular weight is 179 g/mol. The Morgan fingerprint density at radius 2 is 2.23 bits per heavy atom. The number of piperazine rings is 1. The first-order valence-corrected chi connectivity index (χ1v) is 5.18. The molecule has 2 unspecified atom stereocenters. The first kappa shape index (κ1) is 8.98. The fourth-order valence-corrected chi connectivity index (χ4v) is 2.34. The summed E-state index contributed by atoms with van der Waals surface area (Å²) in [6.07, 6.45) is 3.35. The van der Waals surface area contributed by atoms with E-state index in [2.05, 4.69) is 23.2 Å². The van der Waals surface area contributed by atoms with Gasteiger partial charge < -0.3 is 5.32 Å². The molecular weight excluding hydrogens is 162 g/mol. The second-order valence-electron chi connectivity index (χ2n) is 4.20. The zero-order chi connectivity index (χ0) is 9.26. The van der Waals surface area contributed by atoms with Crippen molar-refractivity contribution in [2.24, 2.45) is 0 Å². The first-order valence-electron chi connectivity index (χ1n) is 5.18. The minimum Gasteiger partial charge on any atom is -0.314 e. The van der Waals surface area contributed by atoms with Crippen LogP contribution in [0.3, 0.4) is 0 Å². The van der Waals surface area contributed by atoms with Crippen LogP contribution in [0.4, 0.5) is 0 Å². The van der Waals surface area contributed by atoms with E-state index in [9.17, 15) is 0 Å². The quantitative estimate of drug-likeness (QED) is 0.679. The molecule has 1 N–H and O–H groups in total. The van der Waals surface area contributed by atoms with Crippen molar-refractivity contribution < 1.29 is 0 Å². The van der Waals surface area contributed by atoms with Crippen molar-refractivity contribution in [1.29, 1.82) is 5.26 Å². The van der Waals surface area contributed by atoms with Gasteiger partial charge in [0.2, 0.25) is 0 Å². The molecule has 0 aromatic carbocycles. The molecule has 1 heterocycles. The summed E-state index contributed by atoms with van der Waals surface area (Å²) < 4.78 is 0. The summed E-state index contributed by atoms with van der Waals surface area (Å²) in [6.45, 7) is 4.34. The van der Waals surface area contributed by atoms with Crippen molar-refractivity contribution >= 4 is 0 Å². The second kappa shape index (κ2) is 3.65. The molecule has 2 rings (SSSR count). The van der Waals surface area contributed by atoms with Gasteiger partial charge in [-0.05, 0) is 19.8 Å². The van der Waals surface area contributed by atoms with E-state index in [1.54, 1.807) is 0 Å². The summed E-state index contributed by atoms with van der Waals surface area (Å²) >= 11 is 0. The molecule has 2 aliphatic rings.